The minimum atomic E-state index is -3.27. The van der Waals surface area contributed by atoms with Gasteiger partial charge in [-0.15, -0.1) is 0 Å². The van der Waals surface area contributed by atoms with Crippen molar-refractivity contribution in [3.63, 3.8) is 0 Å². The first-order valence-corrected chi connectivity index (χ1v) is 11.2. The van der Waals surface area contributed by atoms with E-state index in [1.165, 1.54) is 21.5 Å². The van der Waals surface area contributed by atoms with Gasteiger partial charge in [-0.2, -0.15) is 0 Å². The third-order valence-corrected chi connectivity index (χ3v) is 6.32. The number of sulfonamides is 1. The molecule has 0 aliphatic carbocycles. The Morgan fingerprint density at radius 2 is 1.96 bits per heavy atom. The highest BCUT2D eigenvalue weighted by Gasteiger charge is 2.26. The minimum absolute atomic E-state index is 0.127. The van der Waals surface area contributed by atoms with Crippen LogP contribution in [0, 0.1) is 0 Å². The fraction of sp³-hybridized carbons (Fsp3) is 0.286. The molecule has 3 aromatic rings. The summed E-state index contributed by atoms with van der Waals surface area (Å²) in [4.78, 5) is 12.4. The van der Waals surface area contributed by atoms with E-state index in [9.17, 15) is 13.2 Å². The fourth-order valence-corrected chi connectivity index (χ4v) is 4.70. The minimum Gasteiger partial charge on any atom is -0.352 e. The number of carbonyl (C=O) groups is 1. The molecule has 0 unspecified atom stereocenters. The smallest absolute Gasteiger partial charge is 0.251 e. The van der Waals surface area contributed by atoms with Crippen molar-refractivity contribution in [3.05, 3.63) is 65.9 Å². The van der Waals surface area contributed by atoms with Gasteiger partial charge >= 0.3 is 0 Å². The van der Waals surface area contributed by atoms with Crippen molar-refractivity contribution in [2.75, 3.05) is 23.7 Å². The number of anilines is 1. The largest absolute Gasteiger partial charge is 0.352 e. The van der Waals surface area contributed by atoms with Gasteiger partial charge in [-0.3, -0.25) is 9.10 Å². The summed E-state index contributed by atoms with van der Waals surface area (Å²) >= 11 is 0. The Labute approximate surface area is 164 Å². The lowest BCUT2D eigenvalue weighted by atomic mass is 10.1. The molecule has 0 radical (unpaired) electrons. The van der Waals surface area contributed by atoms with Gasteiger partial charge < -0.3 is 9.88 Å². The first-order valence-electron chi connectivity index (χ1n) is 9.36. The Morgan fingerprint density at radius 3 is 2.79 bits per heavy atom. The van der Waals surface area contributed by atoms with Crippen LogP contribution in [0.4, 0.5) is 5.69 Å². The molecule has 28 heavy (non-hydrogen) atoms. The molecule has 1 amide bonds. The molecule has 7 heteroatoms. The molecule has 0 fully saturated rings. The third kappa shape index (κ3) is 3.62. The van der Waals surface area contributed by atoms with E-state index in [1.807, 2.05) is 12.1 Å². The van der Waals surface area contributed by atoms with E-state index in [-0.39, 0.29) is 5.91 Å². The summed E-state index contributed by atoms with van der Waals surface area (Å²) in [5, 5.41) is 4.17. The molecule has 0 spiro atoms. The van der Waals surface area contributed by atoms with Crippen LogP contribution in [0.2, 0.25) is 0 Å². The van der Waals surface area contributed by atoms with Gasteiger partial charge in [0.2, 0.25) is 10.0 Å². The molecule has 2 aromatic carbocycles. The van der Waals surface area contributed by atoms with Crippen molar-refractivity contribution in [3.8, 4) is 0 Å². The number of hydrogen-bond acceptors (Lipinski definition) is 3. The maximum atomic E-state index is 12.4. The Hall–Kier alpha value is -2.80. The summed E-state index contributed by atoms with van der Waals surface area (Å²) in [7, 11) is -3.27. The highest BCUT2D eigenvalue weighted by molar-refractivity contribution is 7.92. The topological polar surface area (TPSA) is 71.4 Å². The first-order chi connectivity index (χ1) is 13.4. The average Bonchev–Trinajstić information content (AvgIpc) is 3.28. The standard InChI is InChI=1S/C21H23N3O3S/c1-28(26,27)24-14-10-17-15-18(7-8-20(17)24)21(25)22-11-4-12-23-13-9-16-5-2-3-6-19(16)23/h2-3,5-9,13,15H,4,10-12,14H2,1H3,(H,22,25). The Bertz CT molecular complexity index is 1130. The molecule has 0 saturated heterocycles. The van der Waals surface area contributed by atoms with Gasteiger partial charge in [-0.05, 0) is 54.1 Å². The van der Waals surface area contributed by atoms with Gasteiger partial charge in [-0.1, -0.05) is 18.2 Å². The van der Waals surface area contributed by atoms with E-state index < -0.39 is 10.0 Å². The number of carbonyl (C=O) groups excluding carboxylic acids is 1. The molecule has 2 heterocycles. The number of nitrogens with one attached hydrogen (secondary N) is 1. The summed E-state index contributed by atoms with van der Waals surface area (Å²) in [6.45, 7) is 1.85. The van der Waals surface area contributed by atoms with Crippen molar-refractivity contribution in [2.24, 2.45) is 0 Å². The van der Waals surface area contributed by atoms with Crippen molar-refractivity contribution < 1.29 is 13.2 Å². The first kappa shape index (κ1) is 18.6. The second-order valence-electron chi connectivity index (χ2n) is 7.11. The van der Waals surface area contributed by atoms with Crippen LogP contribution in [-0.2, 0) is 23.0 Å². The molecule has 6 nitrogen and oxygen atoms in total. The summed E-state index contributed by atoms with van der Waals surface area (Å²) in [6, 6.07) is 15.6. The number of fused-ring (bicyclic) bond motifs is 2. The normalized spacial score (nSPS) is 13.7. The zero-order chi connectivity index (χ0) is 19.7. The molecule has 1 aliphatic rings. The second kappa shape index (κ2) is 7.31. The number of amides is 1. The van der Waals surface area contributed by atoms with E-state index in [0.717, 1.165) is 18.5 Å². The SMILES string of the molecule is CS(=O)(=O)N1CCc2cc(C(=O)NCCCn3ccc4ccccc43)ccc21. The third-order valence-electron chi connectivity index (χ3n) is 5.14. The maximum Gasteiger partial charge on any atom is 0.251 e. The van der Waals surface area contributed by atoms with Crippen LogP contribution in [-0.4, -0.2) is 38.2 Å². The molecule has 146 valence electrons. The van der Waals surface area contributed by atoms with Gasteiger partial charge in [0.05, 0.1) is 11.9 Å². The Kier molecular flexibility index (Phi) is 4.85. The van der Waals surface area contributed by atoms with Crippen LogP contribution in [0.25, 0.3) is 10.9 Å². The number of aryl methyl sites for hydroxylation is 1. The van der Waals surface area contributed by atoms with Crippen molar-refractivity contribution in [1.29, 1.82) is 0 Å². The molecule has 1 N–H and O–H groups in total. The zero-order valence-electron chi connectivity index (χ0n) is 15.8. The number of para-hydroxylation sites is 1. The molecule has 4 rings (SSSR count). The summed E-state index contributed by atoms with van der Waals surface area (Å²) in [5.74, 6) is -0.127. The quantitative estimate of drug-likeness (QED) is 0.650. The van der Waals surface area contributed by atoms with Crippen molar-refractivity contribution in [2.45, 2.75) is 19.4 Å². The summed E-state index contributed by atoms with van der Waals surface area (Å²) in [5.41, 5.74) is 3.35. The van der Waals surface area contributed by atoms with Crippen LogP contribution >= 0.6 is 0 Å². The van der Waals surface area contributed by atoms with E-state index in [0.29, 0.717) is 30.8 Å². The van der Waals surface area contributed by atoms with Gasteiger partial charge in [0, 0.05) is 36.9 Å². The summed E-state index contributed by atoms with van der Waals surface area (Å²) < 4.78 is 27.2. The number of hydrogen-bond donors (Lipinski definition) is 1. The molecule has 0 saturated carbocycles. The van der Waals surface area contributed by atoms with Crippen LogP contribution in [0.15, 0.2) is 54.7 Å². The van der Waals surface area contributed by atoms with Crippen LogP contribution in [0.5, 0.6) is 0 Å². The van der Waals surface area contributed by atoms with Crippen molar-refractivity contribution >= 4 is 32.5 Å². The number of aromatic nitrogens is 1. The average molecular weight is 398 g/mol. The molecule has 1 aromatic heterocycles. The fourth-order valence-electron chi connectivity index (χ4n) is 3.75. The molecule has 0 bridgehead atoms. The lowest BCUT2D eigenvalue weighted by Gasteiger charge is -2.16. The number of benzene rings is 2. The maximum absolute atomic E-state index is 12.4. The highest BCUT2D eigenvalue weighted by atomic mass is 32.2. The van der Waals surface area contributed by atoms with E-state index in [1.54, 1.807) is 18.2 Å². The number of rotatable bonds is 6. The molecular formula is C21H23N3O3S. The monoisotopic (exact) mass is 397 g/mol. The Balaban J connectivity index is 1.35. The predicted molar refractivity (Wildman–Crippen MR) is 111 cm³/mol. The lowest BCUT2D eigenvalue weighted by molar-refractivity contribution is 0.0952. The lowest BCUT2D eigenvalue weighted by Crippen LogP contribution is -2.27. The van der Waals surface area contributed by atoms with Crippen LogP contribution in [0.3, 0.4) is 0 Å². The molecule has 1 aliphatic heterocycles. The molecular weight excluding hydrogens is 374 g/mol. The van der Waals surface area contributed by atoms with Gasteiger partial charge in [0.15, 0.2) is 0 Å². The number of nitrogens with zero attached hydrogens (tertiary/aromatic N) is 2. The van der Waals surface area contributed by atoms with Gasteiger partial charge in [0.1, 0.15) is 0 Å². The van der Waals surface area contributed by atoms with E-state index in [2.05, 4.69) is 34.3 Å². The predicted octanol–water partition coefficient (Wildman–Crippen LogP) is 2.78. The second-order valence-corrected chi connectivity index (χ2v) is 9.01. The highest BCUT2D eigenvalue weighted by Crippen LogP contribution is 2.30. The van der Waals surface area contributed by atoms with E-state index in [4.69, 9.17) is 0 Å². The van der Waals surface area contributed by atoms with Crippen molar-refractivity contribution in [1.82, 2.24) is 9.88 Å². The van der Waals surface area contributed by atoms with Gasteiger partial charge in [0.25, 0.3) is 5.91 Å². The zero-order valence-corrected chi connectivity index (χ0v) is 16.6. The van der Waals surface area contributed by atoms with E-state index >= 15 is 0 Å². The van der Waals surface area contributed by atoms with Crippen LogP contribution < -0.4 is 9.62 Å². The van der Waals surface area contributed by atoms with Gasteiger partial charge in [-0.25, -0.2) is 8.42 Å². The molecule has 0 atom stereocenters. The van der Waals surface area contributed by atoms with Crippen LogP contribution in [0.1, 0.15) is 22.3 Å². The summed E-state index contributed by atoms with van der Waals surface area (Å²) in [6.07, 6.45) is 4.73. The Morgan fingerprint density at radius 1 is 1.14 bits per heavy atom.